The summed E-state index contributed by atoms with van der Waals surface area (Å²) < 4.78 is 11.1. The minimum Gasteiger partial charge on any atom is -0.493 e. The standard InChI is InChI=1S/C19H21NO2/c1-2-4-18(15-5-6-19-16(13-15)7-10-22-19)17(3-1)14-20-8-11-21-12-9-20/h1-6,13H,7-12,14H2. The Morgan fingerprint density at radius 3 is 2.73 bits per heavy atom. The fourth-order valence-electron chi connectivity index (χ4n) is 3.29. The SMILES string of the molecule is c1ccc(-c2ccc3c(c2)CCO3)c(CN2CCOCC2)c1. The zero-order chi connectivity index (χ0) is 14.8. The number of hydrogen-bond donors (Lipinski definition) is 0. The lowest BCUT2D eigenvalue weighted by molar-refractivity contribution is 0.0342. The Hall–Kier alpha value is -1.84. The first-order valence-electron chi connectivity index (χ1n) is 8.04. The van der Waals surface area contributed by atoms with E-state index in [1.807, 2.05) is 0 Å². The van der Waals surface area contributed by atoms with Gasteiger partial charge in [0.15, 0.2) is 0 Å². The van der Waals surface area contributed by atoms with E-state index in [0.29, 0.717) is 0 Å². The predicted molar refractivity (Wildman–Crippen MR) is 87.2 cm³/mol. The first kappa shape index (κ1) is 13.8. The molecule has 1 fully saturated rings. The van der Waals surface area contributed by atoms with Gasteiger partial charge < -0.3 is 9.47 Å². The largest absolute Gasteiger partial charge is 0.493 e. The van der Waals surface area contributed by atoms with Crippen molar-refractivity contribution in [3.8, 4) is 16.9 Å². The predicted octanol–water partition coefficient (Wildman–Crippen LogP) is 3.12. The van der Waals surface area contributed by atoms with Crippen molar-refractivity contribution in [1.29, 1.82) is 0 Å². The minimum absolute atomic E-state index is 0.814. The Labute approximate surface area is 131 Å². The summed E-state index contributed by atoms with van der Waals surface area (Å²) in [6.45, 7) is 5.54. The number of nitrogens with zero attached hydrogens (tertiary/aromatic N) is 1. The average Bonchev–Trinajstić information content (AvgIpc) is 3.04. The third-order valence-corrected chi connectivity index (χ3v) is 4.52. The summed E-state index contributed by atoms with van der Waals surface area (Å²) in [5.41, 5.74) is 5.36. The number of hydrogen-bond acceptors (Lipinski definition) is 3. The maximum Gasteiger partial charge on any atom is 0.122 e. The molecule has 0 aliphatic carbocycles. The van der Waals surface area contributed by atoms with E-state index >= 15 is 0 Å². The molecule has 2 aliphatic heterocycles. The number of morpholine rings is 1. The normalized spacial score (nSPS) is 18.0. The first-order valence-corrected chi connectivity index (χ1v) is 8.04. The molecule has 0 aromatic heterocycles. The summed E-state index contributed by atoms with van der Waals surface area (Å²) in [6.07, 6.45) is 1.02. The van der Waals surface area contributed by atoms with Crippen LogP contribution in [0, 0.1) is 0 Å². The molecule has 2 aromatic carbocycles. The van der Waals surface area contributed by atoms with Gasteiger partial charge in [-0.3, -0.25) is 4.90 Å². The molecule has 0 radical (unpaired) electrons. The molecule has 0 atom stereocenters. The first-order chi connectivity index (χ1) is 10.9. The summed E-state index contributed by atoms with van der Waals surface area (Å²) in [7, 11) is 0. The highest BCUT2D eigenvalue weighted by Crippen LogP contribution is 2.32. The van der Waals surface area contributed by atoms with Crippen LogP contribution >= 0.6 is 0 Å². The monoisotopic (exact) mass is 295 g/mol. The van der Waals surface area contributed by atoms with Crippen LogP contribution < -0.4 is 4.74 Å². The van der Waals surface area contributed by atoms with Gasteiger partial charge in [0, 0.05) is 26.1 Å². The molecule has 0 bridgehead atoms. The van der Waals surface area contributed by atoms with Crippen molar-refractivity contribution in [3.05, 3.63) is 53.6 Å². The van der Waals surface area contributed by atoms with Gasteiger partial charge in [0.1, 0.15) is 5.75 Å². The molecule has 0 amide bonds. The van der Waals surface area contributed by atoms with E-state index in [0.717, 1.165) is 51.6 Å². The Morgan fingerprint density at radius 1 is 0.955 bits per heavy atom. The van der Waals surface area contributed by atoms with Crippen molar-refractivity contribution in [2.24, 2.45) is 0 Å². The van der Waals surface area contributed by atoms with E-state index in [-0.39, 0.29) is 0 Å². The highest BCUT2D eigenvalue weighted by molar-refractivity contribution is 5.69. The third-order valence-electron chi connectivity index (χ3n) is 4.52. The second-order valence-corrected chi connectivity index (χ2v) is 5.97. The van der Waals surface area contributed by atoms with Crippen LogP contribution in [0.25, 0.3) is 11.1 Å². The molecule has 2 heterocycles. The van der Waals surface area contributed by atoms with Gasteiger partial charge in [-0.2, -0.15) is 0 Å². The molecule has 0 spiro atoms. The molecule has 2 aliphatic rings. The zero-order valence-corrected chi connectivity index (χ0v) is 12.8. The quantitative estimate of drug-likeness (QED) is 0.868. The van der Waals surface area contributed by atoms with Crippen molar-refractivity contribution >= 4 is 0 Å². The van der Waals surface area contributed by atoms with Gasteiger partial charge in [0.25, 0.3) is 0 Å². The second-order valence-electron chi connectivity index (χ2n) is 5.97. The van der Waals surface area contributed by atoms with Crippen molar-refractivity contribution in [1.82, 2.24) is 4.90 Å². The summed E-state index contributed by atoms with van der Waals surface area (Å²) in [5, 5.41) is 0. The molecule has 114 valence electrons. The topological polar surface area (TPSA) is 21.7 Å². The van der Waals surface area contributed by atoms with Crippen molar-refractivity contribution < 1.29 is 9.47 Å². The molecular weight excluding hydrogens is 274 g/mol. The van der Waals surface area contributed by atoms with E-state index in [1.165, 1.54) is 22.3 Å². The van der Waals surface area contributed by atoms with Gasteiger partial charge in [-0.25, -0.2) is 0 Å². The van der Waals surface area contributed by atoms with E-state index < -0.39 is 0 Å². The zero-order valence-electron chi connectivity index (χ0n) is 12.8. The summed E-state index contributed by atoms with van der Waals surface area (Å²) in [5.74, 6) is 1.05. The molecule has 0 saturated carbocycles. The van der Waals surface area contributed by atoms with Crippen molar-refractivity contribution in [2.75, 3.05) is 32.9 Å². The lowest BCUT2D eigenvalue weighted by Crippen LogP contribution is -2.35. The number of rotatable bonds is 3. The van der Waals surface area contributed by atoms with Crippen molar-refractivity contribution in [3.63, 3.8) is 0 Å². The van der Waals surface area contributed by atoms with Crippen LogP contribution in [0.4, 0.5) is 0 Å². The van der Waals surface area contributed by atoms with E-state index in [2.05, 4.69) is 47.4 Å². The Kier molecular flexibility index (Phi) is 3.83. The van der Waals surface area contributed by atoms with Gasteiger partial charge in [0.2, 0.25) is 0 Å². The van der Waals surface area contributed by atoms with Gasteiger partial charge in [-0.15, -0.1) is 0 Å². The van der Waals surface area contributed by atoms with E-state index in [4.69, 9.17) is 9.47 Å². The fraction of sp³-hybridized carbons (Fsp3) is 0.368. The lowest BCUT2D eigenvalue weighted by Gasteiger charge is -2.27. The smallest absolute Gasteiger partial charge is 0.122 e. The summed E-state index contributed by atoms with van der Waals surface area (Å²) in [4.78, 5) is 2.47. The molecular formula is C19H21NO2. The van der Waals surface area contributed by atoms with Gasteiger partial charge >= 0.3 is 0 Å². The maximum absolute atomic E-state index is 5.62. The number of benzene rings is 2. The highest BCUT2D eigenvalue weighted by Gasteiger charge is 2.16. The van der Waals surface area contributed by atoms with Crippen molar-refractivity contribution in [2.45, 2.75) is 13.0 Å². The average molecular weight is 295 g/mol. The van der Waals surface area contributed by atoms with E-state index in [9.17, 15) is 0 Å². The van der Waals surface area contributed by atoms with Crippen LogP contribution in [0.15, 0.2) is 42.5 Å². The highest BCUT2D eigenvalue weighted by atomic mass is 16.5. The third kappa shape index (κ3) is 2.74. The second kappa shape index (κ2) is 6.11. The van der Waals surface area contributed by atoms with Crippen LogP contribution in [-0.4, -0.2) is 37.8 Å². The van der Waals surface area contributed by atoms with Crippen LogP contribution in [0.3, 0.4) is 0 Å². The summed E-state index contributed by atoms with van der Waals surface area (Å²) in [6, 6.07) is 15.3. The summed E-state index contributed by atoms with van der Waals surface area (Å²) >= 11 is 0. The molecule has 4 rings (SSSR count). The molecule has 3 nitrogen and oxygen atoms in total. The van der Waals surface area contributed by atoms with Gasteiger partial charge in [0.05, 0.1) is 19.8 Å². The molecule has 3 heteroatoms. The molecule has 22 heavy (non-hydrogen) atoms. The molecule has 2 aromatic rings. The van der Waals surface area contributed by atoms with E-state index in [1.54, 1.807) is 0 Å². The Morgan fingerprint density at radius 2 is 1.82 bits per heavy atom. The number of fused-ring (bicyclic) bond motifs is 1. The van der Waals surface area contributed by atoms with Crippen LogP contribution in [0.5, 0.6) is 5.75 Å². The minimum atomic E-state index is 0.814. The molecule has 1 saturated heterocycles. The number of ether oxygens (including phenoxy) is 2. The van der Waals surface area contributed by atoms with Crippen LogP contribution in [0.2, 0.25) is 0 Å². The molecule has 0 N–H and O–H groups in total. The maximum atomic E-state index is 5.62. The fourth-order valence-corrected chi connectivity index (χ4v) is 3.29. The van der Waals surface area contributed by atoms with Gasteiger partial charge in [-0.05, 0) is 34.4 Å². The van der Waals surface area contributed by atoms with Crippen LogP contribution in [0.1, 0.15) is 11.1 Å². The lowest BCUT2D eigenvalue weighted by atomic mass is 9.97. The van der Waals surface area contributed by atoms with Crippen LogP contribution in [-0.2, 0) is 17.7 Å². The Balaban J connectivity index is 1.63. The Bertz CT molecular complexity index is 662. The molecule has 0 unspecified atom stereocenters. The van der Waals surface area contributed by atoms with Gasteiger partial charge in [-0.1, -0.05) is 30.3 Å².